The molecule has 0 radical (unpaired) electrons. The van der Waals surface area contributed by atoms with E-state index in [1.165, 1.54) is 29.1 Å². The average Bonchev–Trinajstić information content (AvgIpc) is 3.59. The number of rotatable bonds is 4. The number of aromatic nitrogens is 2. The zero-order chi connectivity index (χ0) is 23.3. The molecule has 0 spiro atoms. The molecule has 1 aromatic heterocycles. The Hall–Kier alpha value is -3.42. The first-order chi connectivity index (χ1) is 15.8. The van der Waals surface area contributed by atoms with Gasteiger partial charge in [-0.2, -0.15) is 0 Å². The van der Waals surface area contributed by atoms with E-state index in [4.69, 9.17) is 23.2 Å². The van der Waals surface area contributed by atoms with Crippen LogP contribution in [0.5, 0.6) is 5.75 Å². The Kier molecular flexibility index (Phi) is 5.11. The molecule has 2 N–H and O–H groups in total. The van der Waals surface area contributed by atoms with Crippen molar-refractivity contribution in [1.82, 2.24) is 9.55 Å². The third-order valence-corrected chi connectivity index (χ3v) is 6.45. The van der Waals surface area contributed by atoms with Gasteiger partial charge in [-0.05, 0) is 43.2 Å². The number of nitrogens with zero attached hydrogens (tertiary/aromatic N) is 2. The average molecular weight is 484 g/mol. The summed E-state index contributed by atoms with van der Waals surface area (Å²) in [5, 5.41) is 12.5. The van der Waals surface area contributed by atoms with E-state index in [-0.39, 0.29) is 38.2 Å². The Morgan fingerprint density at radius 2 is 1.79 bits per heavy atom. The summed E-state index contributed by atoms with van der Waals surface area (Å²) in [6.07, 6.45) is 2.62. The fourth-order valence-electron chi connectivity index (χ4n) is 4.06. The van der Waals surface area contributed by atoms with E-state index >= 15 is 0 Å². The van der Waals surface area contributed by atoms with Gasteiger partial charge in [-0.15, -0.1) is 0 Å². The normalized spacial score (nSPS) is 14.3. The number of amides is 1. The number of carbonyl (C=O) groups excluding carboxylic acids is 1. The molecular formula is C24H16Cl2FN3O3. The van der Waals surface area contributed by atoms with Crippen LogP contribution in [0.2, 0.25) is 10.0 Å². The molecule has 3 aromatic carbocycles. The number of hydrogen-bond donors (Lipinski definition) is 2. The van der Waals surface area contributed by atoms with E-state index in [2.05, 4.69) is 10.3 Å². The molecule has 0 bridgehead atoms. The Morgan fingerprint density at radius 3 is 2.45 bits per heavy atom. The van der Waals surface area contributed by atoms with Gasteiger partial charge in [-0.25, -0.2) is 9.37 Å². The van der Waals surface area contributed by atoms with Crippen molar-refractivity contribution < 1.29 is 14.3 Å². The molecule has 5 rings (SSSR count). The van der Waals surface area contributed by atoms with Crippen molar-refractivity contribution in [3.8, 4) is 5.75 Å². The molecule has 1 saturated carbocycles. The quantitative estimate of drug-likeness (QED) is 0.410. The number of carbonyl (C=O) groups is 1. The molecule has 1 aliphatic carbocycles. The van der Waals surface area contributed by atoms with Crippen LogP contribution in [0.3, 0.4) is 0 Å². The fourth-order valence-corrected chi connectivity index (χ4v) is 4.55. The molecule has 1 amide bonds. The molecular weight excluding hydrogens is 468 g/mol. The minimum absolute atomic E-state index is 0.0739. The molecule has 1 aliphatic rings. The topological polar surface area (TPSA) is 84.2 Å². The summed E-state index contributed by atoms with van der Waals surface area (Å²) >= 11 is 11.9. The second-order valence-corrected chi connectivity index (χ2v) is 8.69. The first-order valence-corrected chi connectivity index (χ1v) is 10.8. The number of hydrogen-bond acceptors (Lipinski definition) is 4. The molecule has 33 heavy (non-hydrogen) atoms. The van der Waals surface area contributed by atoms with Crippen molar-refractivity contribution in [2.45, 2.75) is 18.4 Å². The lowest BCUT2D eigenvalue weighted by atomic mass is 10.0. The summed E-state index contributed by atoms with van der Waals surface area (Å²) in [5.41, 5.74) is -0.0246. The highest BCUT2D eigenvalue weighted by Gasteiger charge is 2.48. The Balaban J connectivity index is 1.60. The molecule has 0 unspecified atom stereocenters. The molecule has 0 saturated heterocycles. The lowest BCUT2D eigenvalue weighted by molar-refractivity contribution is 0.102. The van der Waals surface area contributed by atoms with Gasteiger partial charge in [0.2, 0.25) is 0 Å². The largest absolute Gasteiger partial charge is 0.505 e. The van der Waals surface area contributed by atoms with Gasteiger partial charge in [0.15, 0.2) is 5.75 Å². The number of fused-ring (bicyclic) bond motifs is 1. The SMILES string of the molecule is O=C(Nc1cccc2ncn(C3(c4ccccc4F)CC3)c(=O)c12)c1cc(Cl)c(O)c(Cl)c1. The summed E-state index contributed by atoms with van der Waals surface area (Å²) < 4.78 is 16.0. The van der Waals surface area contributed by atoms with Crippen molar-refractivity contribution in [2.75, 3.05) is 5.32 Å². The number of benzene rings is 3. The van der Waals surface area contributed by atoms with Crippen LogP contribution in [-0.4, -0.2) is 20.6 Å². The highest BCUT2D eigenvalue weighted by atomic mass is 35.5. The zero-order valence-corrected chi connectivity index (χ0v) is 18.5. The minimum atomic E-state index is -0.807. The third-order valence-electron chi connectivity index (χ3n) is 5.87. The molecule has 9 heteroatoms. The number of halogens is 3. The lowest BCUT2D eigenvalue weighted by Crippen LogP contribution is -2.32. The number of nitrogens with one attached hydrogen (secondary N) is 1. The molecule has 0 aliphatic heterocycles. The monoisotopic (exact) mass is 483 g/mol. The maximum Gasteiger partial charge on any atom is 0.264 e. The summed E-state index contributed by atoms with van der Waals surface area (Å²) in [5.74, 6) is -1.28. The predicted octanol–water partition coefficient (Wildman–Crippen LogP) is 5.34. The van der Waals surface area contributed by atoms with E-state index in [0.717, 1.165) is 0 Å². The van der Waals surface area contributed by atoms with Crippen LogP contribution in [0.4, 0.5) is 10.1 Å². The molecule has 1 heterocycles. The van der Waals surface area contributed by atoms with Crippen LogP contribution < -0.4 is 10.9 Å². The summed E-state index contributed by atoms with van der Waals surface area (Å²) in [6, 6.07) is 13.8. The molecule has 166 valence electrons. The molecule has 0 atom stereocenters. The van der Waals surface area contributed by atoms with Crippen molar-refractivity contribution >= 4 is 45.7 Å². The van der Waals surface area contributed by atoms with Gasteiger partial charge in [0, 0.05) is 11.1 Å². The predicted molar refractivity (Wildman–Crippen MR) is 125 cm³/mol. The van der Waals surface area contributed by atoms with Crippen LogP contribution >= 0.6 is 23.2 Å². The van der Waals surface area contributed by atoms with Crippen LogP contribution in [-0.2, 0) is 5.54 Å². The van der Waals surface area contributed by atoms with Crippen molar-refractivity contribution in [2.24, 2.45) is 0 Å². The number of phenols is 1. The van der Waals surface area contributed by atoms with Crippen LogP contribution in [0.25, 0.3) is 10.9 Å². The van der Waals surface area contributed by atoms with Gasteiger partial charge in [0.1, 0.15) is 5.82 Å². The van der Waals surface area contributed by atoms with E-state index < -0.39 is 17.0 Å². The van der Waals surface area contributed by atoms with Gasteiger partial charge in [0.05, 0.1) is 38.5 Å². The summed E-state index contributed by atoms with van der Waals surface area (Å²) in [4.78, 5) is 30.8. The van der Waals surface area contributed by atoms with Gasteiger partial charge in [-0.1, -0.05) is 47.5 Å². The Morgan fingerprint density at radius 1 is 1.09 bits per heavy atom. The van der Waals surface area contributed by atoms with Crippen molar-refractivity contribution in [3.05, 3.63) is 98.3 Å². The molecule has 4 aromatic rings. The first-order valence-electron chi connectivity index (χ1n) is 10.1. The third kappa shape index (κ3) is 3.53. The van der Waals surface area contributed by atoms with Gasteiger partial charge in [0.25, 0.3) is 11.5 Å². The van der Waals surface area contributed by atoms with Crippen LogP contribution in [0.1, 0.15) is 28.8 Å². The second kappa shape index (κ2) is 7.86. The maximum atomic E-state index is 14.6. The van der Waals surface area contributed by atoms with Gasteiger partial charge < -0.3 is 10.4 Å². The maximum absolute atomic E-state index is 14.6. The smallest absolute Gasteiger partial charge is 0.264 e. The standard InChI is InChI=1S/C24H16Cl2FN3O3/c25-15-10-13(11-16(26)21(15)31)22(32)29-19-7-3-6-18-20(19)23(33)30(12-28-18)24(8-9-24)14-4-1-2-5-17(14)27/h1-7,10-12,31H,8-9H2,(H,29,32). The molecule has 6 nitrogen and oxygen atoms in total. The number of aromatic hydroxyl groups is 1. The van der Waals surface area contributed by atoms with Crippen molar-refractivity contribution in [3.63, 3.8) is 0 Å². The van der Waals surface area contributed by atoms with E-state index in [1.807, 2.05) is 0 Å². The zero-order valence-electron chi connectivity index (χ0n) is 17.0. The fraction of sp³-hybridized carbons (Fsp3) is 0.125. The van der Waals surface area contributed by atoms with Crippen molar-refractivity contribution in [1.29, 1.82) is 0 Å². The number of phenolic OH excluding ortho intramolecular Hbond substituents is 1. The van der Waals surface area contributed by atoms with Gasteiger partial charge >= 0.3 is 0 Å². The Bertz CT molecular complexity index is 1480. The van der Waals surface area contributed by atoms with Crippen LogP contribution in [0, 0.1) is 5.82 Å². The summed E-state index contributed by atoms with van der Waals surface area (Å²) in [6.45, 7) is 0. The Labute approximate surface area is 197 Å². The van der Waals surface area contributed by atoms with Crippen LogP contribution in [0.15, 0.2) is 65.7 Å². The highest BCUT2D eigenvalue weighted by molar-refractivity contribution is 6.37. The highest BCUT2D eigenvalue weighted by Crippen LogP contribution is 2.49. The second-order valence-electron chi connectivity index (χ2n) is 7.87. The first kappa shape index (κ1) is 21.4. The minimum Gasteiger partial charge on any atom is -0.505 e. The van der Waals surface area contributed by atoms with E-state index in [9.17, 15) is 19.1 Å². The number of anilines is 1. The lowest BCUT2D eigenvalue weighted by Gasteiger charge is -2.20. The van der Waals surface area contributed by atoms with Gasteiger partial charge in [-0.3, -0.25) is 14.2 Å². The van der Waals surface area contributed by atoms with E-state index in [1.54, 1.807) is 36.4 Å². The summed E-state index contributed by atoms with van der Waals surface area (Å²) in [7, 11) is 0. The molecule has 1 fully saturated rings. The van der Waals surface area contributed by atoms with E-state index in [0.29, 0.717) is 23.9 Å².